The van der Waals surface area contributed by atoms with Crippen molar-refractivity contribution in [2.45, 2.75) is 25.7 Å². The highest BCUT2D eigenvalue weighted by Gasteiger charge is 2.17. The molecule has 0 radical (unpaired) electrons. The fourth-order valence-electron chi connectivity index (χ4n) is 2.86. The lowest BCUT2D eigenvalue weighted by Gasteiger charge is -2.11. The molecule has 0 saturated carbocycles. The molecule has 0 aliphatic carbocycles. The maximum absolute atomic E-state index is 12.4. The van der Waals surface area contributed by atoms with Crippen LogP contribution in [0.15, 0.2) is 41.3 Å². The van der Waals surface area contributed by atoms with Gasteiger partial charge in [0.1, 0.15) is 17.7 Å². The van der Waals surface area contributed by atoms with Crippen molar-refractivity contribution in [2.24, 2.45) is 0 Å². The first-order chi connectivity index (χ1) is 13.8. The molecule has 0 spiro atoms. The van der Waals surface area contributed by atoms with Crippen LogP contribution in [-0.2, 0) is 10.0 Å². The third-order valence-corrected chi connectivity index (χ3v) is 5.59. The first-order valence-corrected chi connectivity index (χ1v) is 10.4. The number of benzene rings is 1. The fraction of sp³-hybridized carbons (Fsp3) is 0.263. The summed E-state index contributed by atoms with van der Waals surface area (Å²) in [4.78, 5) is 8.71. The quantitative estimate of drug-likeness (QED) is 0.568. The van der Waals surface area contributed by atoms with Gasteiger partial charge in [0.25, 0.3) is 0 Å². The molecular weight excluding hydrogens is 390 g/mol. The van der Waals surface area contributed by atoms with E-state index in [1.807, 2.05) is 26.0 Å². The minimum Gasteiger partial charge on any atom is -0.369 e. The van der Waals surface area contributed by atoms with E-state index in [4.69, 9.17) is 5.26 Å². The standard InChI is InChI=1S/C19H21N7O2S/c1-13-10-14(2)26(25-13)19-11-18(23-15(3)24-19)21-8-9-22-29(27,28)17-7-5-4-6-16(17)12-20/h4-7,10-11,22H,8-9H2,1-3H3,(H,21,23,24). The Labute approximate surface area is 169 Å². The molecule has 2 N–H and O–H groups in total. The van der Waals surface area contributed by atoms with E-state index in [2.05, 4.69) is 25.1 Å². The SMILES string of the molecule is Cc1cc(C)n(-c2cc(NCCNS(=O)(=O)c3ccccc3C#N)nc(C)n2)n1. The molecule has 0 bridgehead atoms. The van der Waals surface area contributed by atoms with Crippen LogP contribution in [0.3, 0.4) is 0 Å². The van der Waals surface area contributed by atoms with Gasteiger partial charge in [0.15, 0.2) is 5.82 Å². The second-order valence-electron chi connectivity index (χ2n) is 6.43. The number of aryl methyl sites for hydroxylation is 3. The van der Waals surface area contributed by atoms with Crippen molar-refractivity contribution in [1.82, 2.24) is 24.5 Å². The molecule has 3 rings (SSSR count). The molecule has 10 heteroatoms. The van der Waals surface area contributed by atoms with E-state index in [1.54, 1.807) is 29.8 Å². The zero-order valence-corrected chi connectivity index (χ0v) is 17.2. The second kappa shape index (κ2) is 8.38. The van der Waals surface area contributed by atoms with Gasteiger partial charge in [0, 0.05) is 24.8 Å². The molecule has 0 fully saturated rings. The van der Waals surface area contributed by atoms with Gasteiger partial charge in [0.2, 0.25) is 10.0 Å². The number of nitrogens with one attached hydrogen (secondary N) is 2. The summed E-state index contributed by atoms with van der Waals surface area (Å²) in [5.74, 6) is 1.77. The highest BCUT2D eigenvalue weighted by atomic mass is 32.2. The van der Waals surface area contributed by atoms with Gasteiger partial charge in [-0.3, -0.25) is 0 Å². The van der Waals surface area contributed by atoms with Gasteiger partial charge in [-0.15, -0.1) is 0 Å². The molecule has 0 aliphatic heterocycles. The Kier molecular flexibility index (Phi) is 5.91. The van der Waals surface area contributed by atoms with Gasteiger partial charge in [-0.2, -0.15) is 10.4 Å². The Hall–Kier alpha value is -3.29. The minimum absolute atomic E-state index is 0.0350. The Morgan fingerprint density at radius 3 is 2.55 bits per heavy atom. The molecular formula is C19H21N7O2S. The zero-order chi connectivity index (χ0) is 21.0. The molecule has 1 aromatic carbocycles. The first kappa shape index (κ1) is 20.4. The number of hydrogen-bond donors (Lipinski definition) is 2. The third kappa shape index (κ3) is 4.77. The predicted octanol–water partition coefficient (Wildman–Crippen LogP) is 1.85. The number of nitriles is 1. The van der Waals surface area contributed by atoms with Gasteiger partial charge in [-0.05, 0) is 39.0 Å². The van der Waals surface area contributed by atoms with Crippen molar-refractivity contribution in [2.75, 3.05) is 18.4 Å². The summed E-state index contributed by atoms with van der Waals surface area (Å²) in [7, 11) is -3.78. The maximum atomic E-state index is 12.4. The number of aromatic nitrogens is 4. The molecule has 2 aromatic heterocycles. The lowest BCUT2D eigenvalue weighted by atomic mass is 10.2. The van der Waals surface area contributed by atoms with Crippen LogP contribution >= 0.6 is 0 Å². The molecule has 3 aromatic rings. The van der Waals surface area contributed by atoms with Gasteiger partial charge in [-0.1, -0.05) is 12.1 Å². The molecule has 0 unspecified atom stereocenters. The van der Waals surface area contributed by atoms with E-state index < -0.39 is 10.0 Å². The van der Waals surface area contributed by atoms with E-state index >= 15 is 0 Å². The lowest BCUT2D eigenvalue weighted by Crippen LogP contribution is -2.29. The highest BCUT2D eigenvalue weighted by Crippen LogP contribution is 2.15. The summed E-state index contributed by atoms with van der Waals surface area (Å²) in [6, 6.07) is 11.7. The van der Waals surface area contributed by atoms with Crippen LogP contribution in [0.25, 0.3) is 5.82 Å². The van der Waals surface area contributed by atoms with Gasteiger partial charge < -0.3 is 5.32 Å². The first-order valence-electron chi connectivity index (χ1n) is 8.92. The predicted molar refractivity (Wildman–Crippen MR) is 108 cm³/mol. The van der Waals surface area contributed by atoms with Crippen molar-refractivity contribution in [3.8, 4) is 11.9 Å². The Bertz CT molecular complexity index is 1180. The molecule has 0 saturated heterocycles. The normalized spacial score (nSPS) is 11.2. The smallest absolute Gasteiger partial charge is 0.241 e. The van der Waals surface area contributed by atoms with E-state index in [9.17, 15) is 8.42 Å². The van der Waals surface area contributed by atoms with E-state index in [0.717, 1.165) is 11.4 Å². The molecule has 0 amide bonds. The summed E-state index contributed by atoms with van der Waals surface area (Å²) < 4.78 is 29.1. The van der Waals surface area contributed by atoms with Crippen molar-refractivity contribution in [3.63, 3.8) is 0 Å². The zero-order valence-electron chi connectivity index (χ0n) is 16.3. The van der Waals surface area contributed by atoms with Crippen LogP contribution in [0.4, 0.5) is 5.82 Å². The minimum atomic E-state index is -3.78. The van der Waals surface area contributed by atoms with Gasteiger partial charge >= 0.3 is 0 Å². The second-order valence-corrected chi connectivity index (χ2v) is 8.17. The van der Waals surface area contributed by atoms with E-state index in [-0.39, 0.29) is 17.0 Å². The number of rotatable bonds is 7. The molecule has 0 aliphatic rings. The van der Waals surface area contributed by atoms with E-state index in [1.165, 1.54) is 12.1 Å². The lowest BCUT2D eigenvalue weighted by molar-refractivity contribution is 0.582. The average molecular weight is 411 g/mol. The average Bonchev–Trinajstić information content (AvgIpc) is 3.03. The number of sulfonamides is 1. The van der Waals surface area contributed by atoms with E-state index in [0.29, 0.717) is 24.0 Å². The van der Waals surface area contributed by atoms with Crippen LogP contribution in [0.2, 0.25) is 0 Å². The summed E-state index contributed by atoms with van der Waals surface area (Å²) in [6.45, 7) is 6.06. The van der Waals surface area contributed by atoms with Crippen LogP contribution in [0, 0.1) is 32.1 Å². The molecule has 2 heterocycles. The monoisotopic (exact) mass is 411 g/mol. The summed E-state index contributed by atoms with van der Waals surface area (Å²) in [5.41, 5.74) is 1.95. The summed E-state index contributed by atoms with van der Waals surface area (Å²) in [5, 5.41) is 16.6. The van der Waals surface area contributed by atoms with Crippen molar-refractivity contribution in [3.05, 3.63) is 59.2 Å². The number of nitrogens with zero attached hydrogens (tertiary/aromatic N) is 5. The van der Waals surface area contributed by atoms with Crippen molar-refractivity contribution < 1.29 is 8.42 Å². The molecule has 29 heavy (non-hydrogen) atoms. The Morgan fingerprint density at radius 1 is 1.10 bits per heavy atom. The van der Waals surface area contributed by atoms with Gasteiger partial charge in [0.05, 0.1) is 16.2 Å². The summed E-state index contributed by atoms with van der Waals surface area (Å²) >= 11 is 0. The largest absolute Gasteiger partial charge is 0.369 e. The Morgan fingerprint density at radius 2 is 1.86 bits per heavy atom. The highest BCUT2D eigenvalue weighted by molar-refractivity contribution is 7.89. The van der Waals surface area contributed by atoms with Crippen LogP contribution < -0.4 is 10.0 Å². The molecule has 9 nitrogen and oxygen atoms in total. The van der Waals surface area contributed by atoms with Crippen LogP contribution in [-0.4, -0.2) is 41.3 Å². The van der Waals surface area contributed by atoms with Crippen LogP contribution in [0.5, 0.6) is 0 Å². The fourth-order valence-corrected chi connectivity index (χ4v) is 4.05. The van der Waals surface area contributed by atoms with Crippen molar-refractivity contribution in [1.29, 1.82) is 5.26 Å². The van der Waals surface area contributed by atoms with Gasteiger partial charge in [-0.25, -0.2) is 27.8 Å². The molecule has 0 atom stereocenters. The Balaban J connectivity index is 1.67. The number of hydrogen-bond acceptors (Lipinski definition) is 7. The summed E-state index contributed by atoms with van der Waals surface area (Å²) in [6.07, 6.45) is 0. The third-order valence-electron chi connectivity index (χ3n) is 4.07. The molecule has 150 valence electrons. The number of anilines is 1. The van der Waals surface area contributed by atoms with Crippen molar-refractivity contribution >= 4 is 15.8 Å². The van der Waals surface area contributed by atoms with Crippen LogP contribution in [0.1, 0.15) is 22.8 Å². The topological polar surface area (TPSA) is 126 Å². The maximum Gasteiger partial charge on any atom is 0.241 e.